The second-order valence-electron chi connectivity index (χ2n) is 2.38. The van der Waals surface area contributed by atoms with Crippen molar-refractivity contribution < 1.29 is 0 Å². The van der Waals surface area contributed by atoms with Crippen molar-refractivity contribution in [2.75, 3.05) is 0 Å². The van der Waals surface area contributed by atoms with Gasteiger partial charge in [-0.15, -0.1) is 5.10 Å². The van der Waals surface area contributed by atoms with E-state index in [2.05, 4.69) is 23.9 Å². The zero-order chi connectivity index (χ0) is 7.97. The van der Waals surface area contributed by atoms with Gasteiger partial charge in [-0.3, -0.25) is 4.37 Å². The van der Waals surface area contributed by atoms with E-state index in [9.17, 15) is 0 Å². The smallest absolute Gasteiger partial charge is 0.185 e. The predicted octanol–water partition coefficient (Wildman–Crippen LogP) is 0.963. The van der Waals surface area contributed by atoms with Crippen LogP contribution in [0, 0.1) is 0 Å². The Morgan fingerprint density at radius 3 is 3.33 bits per heavy atom. The van der Waals surface area contributed by atoms with Gasteiger partial charge in [0.2, 0.25) is 0 Å². The zero-order valence-electron chi connectivity index (χ0n) is 5.85. The number of hydrogen-bond acceptors (Lipinski definition) is 5. The minimum atomic E-state index is 0.666. The van der Waals surface area contributed by atoms with E-state index in [4.69, 9.17) is 0 Å². The fourth-order valence-corrected chi connectivity index (χ4v) is 1.73. The van der Waals surface area contributed by atoms with Crippen LogP contribution in [0.15, 0.2) is 12.4 Å². The third-order valence-corrected chi connectivity index (χ3v) is 2.29. The summed E-state index contributed by atoms with van der Waals surface area (Å²) in [6, 6.07) is 0. The van der Waals surface area contributed by atoms with Crippen molar-refractivity contribution in [3.63, 3.8) is 0 Å². The molecule has 3 aromatic rings. The maximum Gasteiger partial charge on any atom is 0.185 e. The van der Waals surface area contributed by atoms with Gasteiger partial charge in [0.15, 0.2) is 5.65 Å². The molecule has 0 atom stereocenters. The van der Waals surface area contributed by atoms with Gasteiger partial charge < -0.3 is 0 Å². The standard InChI is InChI=1S/C6H3N5S/c1-3-5-4(10-12-11-5)2-7-6(3)9-8-1/h1-2,11H. The van der Waals surface area contributed by atoms with Crippen LogP contribution in [-0.4, -0.2) is 23.9 Å². The molecule has 0 spiro atoms. The Kier molecular flexibility index (Phi) is 0.991. The highest BCUT2D eigenvalue weighted by Crippen LogP contribution is 2.18. The van der Waals surface area contributed by atoms with E-state index in [1.54, 1.807) is 12.4 Å². The summed E-state index contributed by atoms with van der Waals surface area (Å²) in [7, 11) is 0. The molecule has 0 fully saturated rings. The molecule has 0 unspecified atom stereocenters. The molecule has 0 aromatic carbocycles. The maximum atomic E-state index is 4.12. The summed E-state index contributed by atoms with van der Waals surface area (Å²) in [4.78, 5) is 4.09. The summed E-state index contributed by atoms with van der Waals surface area (Å²) < 4.78 is 7.18. The van der Waals surface area contributed by atoms with Crippen LogP contribution in [0.5, 0.6) is 0 Å². The van der Waals surface area contributed by atoms with E-state index < -0.39 is 0 Å². The summed E-state index contributed by atoms with van der Waals surface area (Å²) in [5.74, 6) is 0. The molecule has 0 saturated carbocycles. The molecule has 3 rings (SSSR count). The highest BCUT2D eigenvalue weighted by molar-refractivity contribution is 7.00. The molecular formula is C6H3N5S. The van der Waals surface area contributed by atoms with E-state index in [0.717, 1.165) is 16.4 Å². The summed E-state index contributed by atoms with van der Waals surface area (Å²) in [6.45, 7) is 0. The topological polar surface area (TPSA) is 67.3 Å². The highest BCUT2D eigenvalue weighted by atomic mass is 32.1. The first-order valence-electron chi connectivity index (χ1n) is 3.35. The van der Waals surface area contributed by atoms with Crippen LogP contribution < -0.4 is 0 Å². The molecule has 12 heavy (non-hydrogen) atoms. The first-order valence-corrected chi connectivity index (χ1v) is 4.12. The average Bonchev–Trinajstić information content (AvgIpc) is 2.71. The molecular weight excluding hydrogens is 174 g/mol. The maximum absolute atomic E-state index is 4.12. The molecule has 1 N–H and O–H groups in total. The number of pyridine rings is 1. The van der Waals surface area contributed by atoms with E-state index in [-0.39, 0.29) is 0 Å². The quantitative estimate of drug-likeness (QED) is 0.555. The van der Waals surface area contributed by atoms with Crippen LogP contribution in [-0.2, 0) is 0 Å². The molecule has 58 valence electrons. The summed E-state index contributed by atoms with van der Waals surface area (Å²) in [5, 5.41) is 8.55. The van der Waals surface area contributed by atoms with Crippen LogP contribution in [0.3, 0.4) is 0 Å². The number of nitrogens with zero attached hydrogens (tertiary/aromatic N) is 4. The normalized spacial score (nSPS) is 11.3. The largest absolute Gasteiger partial charge is 0.293 e. The average molecular weight is 177 g/mol. The van der Waals surface area contributed by atoms with E-state index >= 15 is 0 Å². The number of rotatable bonds is 0. The Balaban J connectivity index is 2.71. The molecule has 0 aliphatic rings. The van der Waals surface area contributed by atoms with Crippen molar-refractivity contribution in [1.82, 2.24) is 23.9 Å². The fraction of sp³-hybridized carbons (Fsp3) is 0. The van der Waals surface area contributed by atoms with Crippen LogP contribution in [0.25, 0.3) is 22.1 Å². The predicted molar refractivity (Wildman–Crippen MR) is 44.9 cm³/mol. The minimum Gasteiger partial charge on any atom is -0.293 e. The van der Waals surface area contributed by atoms with Gasteiger partial charge in [-0.05, 0) is 0 Å². The van der Waals surface area contributed by atoms with Crippen molar-refractivity contribution in [2.45, 2.75) is 0 Å². The fourth-order valence-electron chi connectivity index (χ4n) is 1.14. The lowest BCUT2D eigenvalue weighted by atomic mass is 10.3. The van der Waals surface area contributed by atoms with Gasteiger partial charge in [-0.25, -0.2) is 4.98 Å². The Bertz CT molecular complexity index is 489. The van der Waals surface area contributed by atoms with Gasteiger partial charge in [0.05, 0.1) is 23.3 Å². The Labute approximate surface area is 70.8 Å². The highest BCUT2D eigenvalue weighted by Gasteiger charge is 2.05. The lowest BCUT2D eigenvalue weighted by Crippen LogP contribution is -1.77. The number of aromatic nitrogens is 5. The van der Waals surface area contributed by atoms with Crippen LogP contribution >= 0.6 is 11.7 Å². The van der Waals surface area contributed by atoms with E-state index in [1.165, 1.54) is 11.7 Å². The van der Waals surface area contributed by atoms with Crippen molar-refractivity contribution in [2.24, 2.45) is 0 Å². The third kappa shape index (κ3) is 0.620. The third-order valence-electron chi connectivity index (χ3n) is 1.71. The molecule has 0 saturated heterocycles. The minimum absolute atomic E-state index is 0.666. The summed E-state index contributed by atoms with van der Waals surface area (Å²) in [6.07, 6.45) is 3.38. The number of aromatic amines is 1. The second kappa shape index (κ2) is 1.98. The van der Waals surface area contributed by atoms with Gasteiger partial charge >= 0.3 is 0 Å². The lowest BCUT2D eigenvalue weighted by molar-refractivity contribution is 1.10. The van der Waals surface area contributed by atoms with Crippen LogP contribution in [0.1, 0.15) is 0 Å². The number of hydrogen-bond donors (Lipinski definition) is 1. The Morgan fingerprint density at radius 1 is 1.33 bits per heavy atom. The van der Waals surface area contributed by atoms with Gasteiger partial charge in [-0.2, -0.15) is 9.47 Å². The van der Waals surface area contributed by atoms with E-state index in [0.29, 0.717) is 5.65 Å². The van der Waals surface area contributed by atoms with Crippen LogP contribution in [0.4, 0.5) is 0 Å². The molecule has 0 radical (unpaired) electrons. The lowest BCUT2D eigenvalue weighted by Gasteiger charge is -1.86. The first kappa shape index (κ1) is 6.01. The molecule has 0 amide bonds. The van der Waals surface area contributed by atoms with Crippen molar-refractivity contribution >= 4 is 33.8 Å². The number of nitrogens with one attached hydrogen (secondary N) is 1. The van der Waals surface area contributed by atoms with Crippen molar-refractivity contribution in [1.29, 1.82) is 0 Å². The van der Waals surface area contributed by atoms with E-state index in [1.807, 2.05) is 0 Å². The van der Waals surface area contributed by atoms with Crippen LogP contribution in [0.2, 0.25) is 0 Å². The van der Waals surface area contributed by atoms with Gasteiger partial charge in [-0.1, -0.05) is 0 Å². The Hall–Kier alpha value is -1.56. The molecule has 0 aliphatic carbocycles. The zero-order valence-corrected chi connectivity index (χ0v) is 6.67. The molecule has 5 nitrogen and oxygen atoms in total. The Morgan fingerprint density at radius 2 is 2.33 bits per heavy atom. The van der Waals surface area contributed by atoms with Gasteiger partial charge in [0, 0.05) is 11.7 Å². The summed E-state index contributed by atoms with van der Waals surface area (Å²) >= 11 is 1.30. The molecule has 3 heterocycles. The first-order chi connectivity index (χ1) is 5.95. The molecule has 0 bridgehead atoms. The van der Waals surface area contributed by atoms with Crippen molar-refractivity contribution in [3.8, 4) is 0 Å². The monoisotopic (exact) mass is 177 g/mol. The molecule has 3 aromatic heterocycles. The molecule has 0 aliphatic heterocycles. The second-order valence-corrected chi connectivity index (χ2v) is 2.95. The van der Waals surface area contributed by atoms with Crippen molar-refractivity contribution in [3.05, 3.63) is 12.4 Å². The summed E-state index contributed by atoms with van der Waals surface area (Å²) in [5.41, 5.74) is 2.50. The SMILES string of the molecule is c1nc2nncc2c2[nH]snc12. The molecule has 6 heteroatoms. The van der Waals surface area contributed by atoms with Gasteiger partial charge in [0.1, 0.15) is 5.52 Å². The number of fused-ring (bicyclic) bond motifs is 3. The van der Waals surface area contributed by atoms with Gasteiger partial charge in [0.25, 0.3) is 0 Å². The number of H-pyrrole nitrogens is 1.